The molecule has 0 unspecified atom stereocenters. The molecule has 3 heteroatoms. The van der Waals surface area contributed by atoms with Crippen LogP contribution in [-0.2, 0) is 4.79 Å². The number of hydrogen-bond acceptors (Lipinski definition) is 2. The zero-order chi connectivity index (χ0) is 13.9. The van der Waals surface area contributed by atoms with Gasteiger partial charge >= 0.3 is 0 Å². The van der Waals surface area contributed by atoms with Crippen molar-refractivity contribution in [1.82, 2.24) is 0 Å². The van der Waals surface area contributed by atoms with Crippen molar-refractivity contribution in [3.8, 4) is 5.75 Å². The fourth-order valence-corrected chi connectivity index (χ4v) is 3.36. The Hall–Kier alpha value is -1.77. The SMILES string of the molecule is COc1cccc(NC(=O)C2[C@H]3CCC=CCC[C@H]23)c1. The highest BCUT2D eigenvalue weighted by atomic mass is 16.5. The van der Waals surface area contributed by atoms with Gasteiger partial charge in [0.05, 0.1) is 7.11 Å². The minimum atomic E-state index is 0.176. The van der Waals surface area contributed by atoms with Gasteiger partial charge in [0.25, 0.3) is 0 Å². The van der Waals surface area contributed by atoms with Gasteiger partial charge < -0.3 is 10.1 Å². The summed E-state index contributed by atoms with van der Waals surface area (Å²) in [5.41, 5.74) is 0.826. The van der Waals surface area contributed by atoms with Gasteiger partial charge in [0.1, 0.15) is 5.75 Å². The van der Waals surface area contributed by atoms with E-state index >= 15 is 0 Å². The van der Waals surface area contributed by atoms with E-state index in [9.17, 15) is 4.79 Å². The molecule has 1 aromatic carbocycles. The average molecular weight is 271 g/mol. The fraction of sp³-hybridized carbons (Fsp3) is 0.471. The van der Waals surface area contributed by atoms with E-state index in [0.717, 1.165) is 37.1 Å². The molecule has 0 radical (unpaired) electrons. The Morgan fingerprint density at radius 1 is 1.20 bits per heavy atom. The number of anilines is 1. The van der Waals surface area contributed by atoms with Crippen molar-refractivity contribution >= 4 is 11.6 Å². The van der Waals surface area contributed by atoms with Crippen molar-refractivity contribution in [2.75, 3.05) is 12.4 Å². The molecule has 1 fully saturated rings. The van der Waals surface area contributed by atoms with Crippen LogP contribution in [0.5, 0.6) is 5.75 Å². The number of carbonyl (C=O) groups is 1. The molecule has 2 aliphatic carbocycles. The van der Waals surface area contributed by atoms with Gasteiger partial charge in [-0.05, 0) is 49.7 Å². The predicted octanol–water partition coefficient (Wildman–Crippen LogP) is 3.63. The van der Waals surface area contributed by atoms with E-state index in [4.69, 9.17) is 4.74 Å². The largest absolute Gasteiger partial charge is 0.497 e. The Labute approximate surface area is 120 Å². The van der Waals surface area contributed by atoms with Crippen LogP contribution in [-0.4, -0.2) is 13.0 Å². The first-order valence-electron chi connectivity index (χ1n) is 7.39. The maximum atomic E-state index is 12.4. The van der Waals surface area contributed by atoms with E-state index in [1.165, 1.54) is 0 Å². The van der Waals surface area contributed by atoms with Gasteiger partial charge in [-0.2, -0.15) is 0 Å². The highest BCUT2D eigenvalue weighted by Crippen LogP contribution is 2.53. The zero-order valence-corrected chi connectivity index (χ0v) is 11.8. The molecule has 3 nitrogen and oxygen atoms in total. The molecule has 2 aliphatic rings. The molecule has 106 valence electrons. The summed E-state index contributed by atoms with van der Waals surface area (Å²) in [7, 11) is 1.64. The van der Waals surface area contributed by atoms with Crippen LogP contribution < -0.4 is 10.1 Å². The molecule has 1 aromatic rings. The summed E-state index contributed by atoms with van der Waals surface area (Å²) in [5.74, 6) is 2.33. The van der Waals surface area contributed by atoms with Crippen LogP contribution in [0, 0.1) is 17.8 Å². The standard InChI is InChI=1S/C17H21NO2/c1-20-13-8-6-7-12(11-13)18-17(19)16-14-9-4-2-3-5-10-15(14)16/h2-3,6-8,11,14-16H,4-5,9-10H2,1H3,(H,18,19)/t14-,15-/m0/s1. The number of allylic oxidation sites excluding steroid dienone is 2. The van der Waals surface area contributed by atoms with Gasteiger partial charge in [-0.1, -0.05) is 18.2 Å². The van der Waals surface area contributed by atoms with Crippen molar-refractivity contribution in [2.24, 2.45) is 17.8 Å². The summed E-state index contributed by atoms with van der Waals surface area (Å²) in [6.45, 7) is 0. The minimum Gasteiger partial charge on any atom is -0.497 e. The van der Waals surface area contributed by atoms with Crippen molar-refractivity contribution in [1.29, 1.82) is 0 Å². The number of benzene rings is 1. The smallest absolute Gasteiger partial charge is 0.228 e. The van der Waals surface area contributed by atoms with Crippen LogP contribution in [0.4, 0.5) is 5.69 Å². The average Bonchev–Trinajstić information content (AvgIpc) is 3.10. The quantitative estimate of drug-likeness (QED) is 0.853. The lowest BCUT2D eigenvalue weighted by atomic mass is 10.1. The number of fused-ring (bicyclic) bond motifs is 1. The second kappa shape index (κ2) is 5.70. The lowest BCUT2D eigenvalue weighted by Gasteiger charge is -2.06. The third-order valence-corrected chi connectivity index (χ3v) is 4.47. The number of methoxy groups -OCH3 is 1. The number of rotatable bonds is 3. The second-order valence-corrected chi connectivity index (χ2v) is 5.70. The van der Waals surface area contributed by atoms with E-state index in [0.29, 0.717) is 11.8 Å². The highest BCUT2D eigenvalue weighted by molar-refractivity contribution is 5.95. The summed E-state index contributed by atoms with van der Waals surface area (Å²) >= 11 is 0. The first-order chi connectivity index (χ1) is 9.79. The maximum Gasteiger partial charge on any atom is 0.228 e. The van der Waals surface area contributed by atoms with Crippen LogP contribution in [0.15, 0.2) is 36.4 Å². The molecule has 0 aliphatic heterocycles. The molecular weight excluding hydrogens is 250 g/mol. The van der Waals surface area contributed by atoms with Gasteiger partial charge in [0.2, 0.25) is 5.91 Å². The molecule has 0 bridgehead atoms. The Bertz CT molecular complexity index is 507. The normalized spacial score (nSPS) is 27.9. The Balaban J connectivity index is 1.62. The van der Waals surface area contributed by atoms with E-state index in [2.05, 4.69) is 17.5 Å². The number of carbonyl (C=O) groups excluding carboxylic acids is 1. The molecule has 3 rings (SSSR count). The number of nitrogens with one attached hydrogen (secondary N) is 1. The van der Waals surface area contributed by atoms with Crippen LogP contribution in [0.2, 0.25) is 0 Å². The molecule has 20 heavy (non-hydrogen) atoms. The Morgan fingerprint density at radius 2 is 1.90 bits per heavy atom. The van der Waals surface area contributed by atoms with E-state index in [-0.39, 0.29) is 11.8 Å². The lowest BCUT2D eigenvalue weighted by molar-refractivity contribution is -0.117. The molecule has 0 aromatic heterocycles. The van der Waals surface area contributed by atoms with Gasteiger partial charge in [0.15, 0.2) is 0 Å². The van der Waals surface area contributed by atoms with Crippen LogP contribution >= 0.6 is 0 Å². The van der Waals surface area contributed by atoms with Crippen molar-refractivity contribution < 1.29 is 9.53 Å². The van der Waals surface area contributed by atoms with Crippen molar-refractivity contribution in [3.05, 3.63) is 36.4 Å². The van der Waals surface area contributed by atoms with Gasteiger partial charge in [-0.15, -0.1) is 0 Å². The second-order valence-electron chi connectivity index (χ2n) is 5.70. The van der Waals surface area contributed by atoms with Crippen LogP contribution in [0.3, 0.4) is 0 Å². The van der Waals surface area contributed by atoms with E-state index in [1.54, 1.807) is 7.11 Å². The zero-order valence-electron chi connectivity index (χ0n) is 11.8. The number of amides is 1. The van der Waals surface area contributed by atoms with Gasteiger partial charge in [-0.3, -0.25) is 4.79 Å². The summed E-state index contributed by atoms with van der Waals surface area (Å²) in [6, 6.07) is 7.55. The number of ether oxygens (including phenoxy) is 1. The predicted molar refractivity (Wildman–Crippen MR) is 79.7 cm³/mol. The maximum absolute atomic E-state index is 12.4. The third-order valence-electron chi connectivity index (χ3n) is 4.47. The fourth-order valence-electron chi connectivity index (χ4n) is 3.36. The first kappa shape index (κ1) is 13.2. The summed E-state index contributed by atoms with van der Waals surface area (Å²) in [6.07, 6.45) is 9.04. The molecule has 0 heterocycles. The molecule has 0 saturated heterocycles. The van der Waals surface area contributed by atoms with E-state index < -0.39 is 0 Å². The topological polar surface area (TPSA) is 38.3 Å². The summed E-state index contributed by atoms with van der Waals surface area (Å²) in [4.78, 5) is 12.4. The van der Waals surface area contributed by atoms with Crippen molar-refractivity contribution in [2.45, 2.75) is 25.7 Å². The lowest BCUT2D eigenvalue weighted by Crippen LogP contribution is -2.15. The Kier molecular flexibility index (Phi) is 3.77. The monoisotopic (exact) mass is 271 g/mol. The molecular formula is C17H21NO2. The molecule has 1 saturated carbocycles. The number of hydrogen-bond donors (Lipinski definition) is 1. The van der Waals surface area contributed by atoms with Crippen LogP contribution in [0.25, 0.3) is 0 Å². The molecule has 0 spiro atoms. The van der Waals surface area contributed by atoms with Crippen LogP contribution in [0.1, 0.15) is 25.7 Å². The Morgan fingerprint density at radius 3 is 2.55 bits per heavy atom. The first-order valence-corrected chi connectivity index (χ1v) is 7.39. The van der Waals surface area contributed by atoms with Gasteiger partial charge in [-0.25, -0.2) is 0 Å². The summed E-state index contributed by atoms with van der Waals surface area (Å²) < 4.78 is 5.18. The molecule has 1 N–H and O–H groups in total. The van der Waals surface area contributed by atoms with E-state index in [1.807, 2.05) is 24.3 Å². The summed E-state index contributed by atoms with van der Waals surface area (Å²) in [5, 5.41) is 3.04. The third kappa shape index (κ3) is 2.72. The van der Waals surface area contributed by atoms with Gasteiger partial charge in [0, 0.05) is 17.7 Å². The molecule has 1 amide bonds. The molecule has 2 atom stereocenters. The minimum absolute atomic E-state index is 0.176. The van der Waals surface area contributed by atoms with Crippen molar-refractivity contribution in [3.63, 3.8) is 0 Å². The highest BCUT2D eigenvalue weighted by Gasteiger charge is 2.53.